The Morgan fingerprint density at radius 1 is 0.969 bits per heavy atom. The molecule has 0 atom stereocenters. The van der Waals surface area contributed by atoms with E-state index in [4.69, 9.17) is 17.0 Å². The van der Waals surface area contributed by atoms with Gasteiger partial charge in [0.15, 0.2) is 4.32 Å². The van der Waals surface area contributed by atoms with Crippen LogP contribution in [-0.2, 0) is 17.6 Å². The quantitative estimate of drug-likeness (QED) is 0.306. The number of halogens is 3. The molecule has 1 aliphatic heterocycles. The van der Waals surface area contributed by atoms with Crippen molar-refractivity contribution < 1.29 is 22.7 Å². The smallest absolute Gasteiger partial charge is 0.416 e. The number of carbonyl (C=O) groups excluding carboxylic acids is 1. The summed E-state index contributed by atoms with van der Waals surface area (Å²) in [6.07, 6.45) is -2.84. The maximum Gasteiger partial charge on any atom is 0.416 e. The Balaban J connectivity index is 1.48. The van der Waals surface area contributed by atoms with Gasteiger partial charge >= 0.3 is 6.18 Å². The van der Waals surface area contributed by atoms with Gasteiger partial charge in [0.25, 0.3) is 5.91 Å². The zero-order valence-corrected chi connectivity index (χ0v) is 18.1. The van der Waals surface area contributed by atoms with Gasteiger partial charge in [-0.05, 0) is 47.5 Å². The summed E-state index contributed by atoms with van der Waals surface area (Å²) in [5.41, 5.74) is 1.06. The molecule has 0 aliphatic carbocycles. The van der Waals surface area contributed by atoms with E-state index in [1.165, 1.54) is 12.1 Å². The molecule has 1 heterocycles. The lowest BCUT2D eigenvalue weighted by atomic mass is 10.1. The number of anilines is 1. The van der Waals surface area contributed by atoms with Crippen LogP contribution in [0.2, 0.25) is 0 Å². The number of hydrogen-bond acceptors (Lipinski definition) is 4. The standard InChI is InChI=1S/C24H16F3NO2S2/c25-24(26,27)18-7-4-8-19(14-18)28-22(29)21(32-23(28)31)13-16-9-11-20(12-10-16)30-15-17-5-2-1-3-6-17/h1-14H,15H2/b21-13-. The molecule has 0 radical (unpaired) electrons. The van der Waals surface area contributed by atoms with Gasteiger partial charge in [-0.1, -0.05) is 72.5 Å². The van der Waals surface area contributed by atoms with Crippen LogP contribution in [0, 0.1) is 0 Å². The van der Waals surface area contributed by atoms with Gasteiger partial charge in [0, 0.05) is 0 Å². The molecule has 1 aliphatic rings. The average Bonchev–Trinajstić information content (AvgIpc) is 3.06. The molecule has 8 heteroatoms. The highest BCUT2D eigenvalue weighted by molar-refractivity contribution is 8.27. The third kappa shape index (κ3) is 5.03. The zero-order chi connectivity index (χ0) is 22.7. The van der Waals surface area contributed by atoms with E-state index >= 15 is 0 Å². The predicted octanol–water partition coefficient (Wildman–Crippen LogP) is 6.69. The molecular weight excluding hydrogens is 455 g/mol. The summed E-state index contributed by atoms with van der Waals surface area (Å²) in [4.78, 5) is 14.3. The second-order valence-electron chi connectivity index (χ2n) is 6.91. The van der Waals surface area contributed by atoms with Crippen LogP contribution in [0.3, 0.4) is 0 Å². The van der Waals surface area contributed by atoms with Gasteiger partial charge in [0.05, 0.1) is 16.2 Å². The fourth-order valence-corrected chi connectivity index (χ4v) is 4.36. The molecule has 1 saturated heterocycles. The fourth-order valence-electron chi connectivity index (χ4n) is 3.06. The van der Waals surface area contributed by atoms with E-state index in [1.54, 1.807) is 30.3 Å². The Morgan fingerprint density at radius 2 is 1.69 bits per heavy atom. The van der Waals surface area contributed by atoms with Crippen LogP contribution in [0.1, 0.15) is 16.7 Å². The lowest BCUT2D eigenvalue weighted by molar-refractivity contribution is -0.137. The molecule has 3 nitrogen and oxygen atoms in total. The number of carbonyl (C=O) groups is 1. The Labute approximate surface area is 192 Å². The lowest BCUT2D eigenvalue weighted by Crippen LogP contribution is -2.27. The van der Waals surface area contributed by atoms with Crippen LogP contribution < -0.4 is 9.64 Å². The molecule has 162 valence electrons. The highest BCUT2D eigenvalue weighted by Gasteiger charge is 2.36. The minimum Gasteiger partial charge on any atom is -0.489 e. The van der Waals surface area contributed by atoms with Gasteiger partial charge in [-0.15, -0.1) is 0 Å². The number of alkyl halides is 3. The Morgan fingerprint density at radius 3 is 2.38 bits per heavy atom. The molecule has 1 fully saturated rings. The van der Waals surface area contributed by atoms with Crippen molar-refractivity contribution in [2.75, 3.05) is 4.90 Å². The molecule has 0 saturated carbocycles. The molecule has 3 aromatic rings. The number of ether oxygens (including phenoxy) is 1. The van der Waals surface area contributed by atoms with Crippen LogP contribution in [0.4, 0.5) is 18.9 Å². The van der Waals surface area contributed by atoms with Gasteiger partial charge in [-0.25, -0.2) is 0 Å². The van der Waals surface area contributed by atoms with E-state index in [0.717, 1.165) is 39.9 Å². The van der Waals surface area contributed by atoms with Gasteiger partial charge < -0.3 is 4.74 Å². The largest absolute Gasteiger partial charge is 0.489 e. The number of thiocarbonyl (C=S) groups is 1. The van der Waals surface area contributed by atoms with Crippen molar-refractivity contribution in [3.63, 3.8) is 0 Å². The molecule has 0 aromatic heterocycles. The number of amides is 1. The van der Waals surface area contributed by atoms with Gasteiger partial charge in [0.1, 0.15) is 12.4 Å². The molecule has 0 unspecified atom stereocenters. The molecule has 32 heavy (non-hydrogen) atoms. The van der Waals surface area contributed by atoms with Crippen LogP contribution in [0.15, 0.2) is 83.8 Å². The minimum absolute atomic E-state index is 0.0929. The summed E-state index contributed by atoms with van der Waals surface area (Å²) >= 11 is 6.31. The Bertz CT molecular complexity index is 1180. The topological polar surface area (TPSA) is 29.5 Å². The van der Waals surface area contributed by atoms with Crippen molar-refractivity contribution in [1.82, 2.24) is 0 Å². The van der Waals surface area contributed by atoms with Crippen LogP contribution in [0.25, 0.3) is 6.08 Å². The number of nitrogens with zero attached hydrogens (tertiary/aromatic N) is 1. The van der Waals surface area contributed by atoms with E-state index in [0.29, 0.717) is 17.3 Å². The number of benzene rings is 3. The molecule has 0 spiro atoms. The first-order chi connectivity index (χ1) is 15.3. The molecule has 1 amide bonds. The number of rotatable bonds is 5. The summed E-state index contributed by atoms with van der Waals surface area (Å²) < 4.78 is 45.0. The Hall–Kier alpha value is -3.10. The van der Waals surface area contributed by atoms with Crippen molar-refractivity contribution in [2.45, 2.75) is 12.8 Å². The lowest BCUT2D eigenvalue weighted by Gasteiger charge is -2.16. The number of hydrogen-bond donors (Lipinski definition) is 0. The highest BCUT2D eigenvalue weighted by Crippen LogP contribution is 2.38. The summed E-state index contributed by atoms with van der Waals surface area (Å²) in [7, 11) is 0. The van der Waals surface area contributed by atoms with Gasteiger partial charge in [-0.2, -0.15) is 13.2 Å². The van der Waals surface area contributed by atoms with Gasteiger partial charge in [0.2, 0.25) is 0 Å². The van der Waals surface area contributed by atoms with E-state index in [2.05, 4.69) is 0 Å². The summed E-state index contributed by atoms with van der Waals surface area (Å²) in [6.45, 7) is 0.440. The third-order valence-corrected chi connectivity index (χ3v) is 5.95. The molecule has 3 aromatic carbocycles. The zero-order valence-electron chi connectivity index (χ0n) is 16.5. The Kier molecular flexibility index (Phi) is 6.34. The van der Waals surface area contributed by atoms with Crippen molar-refractivity contribution in [2.24, 2.45) is 0 Å². The highest BCUT2D eigenvalue weighted by atomic mass is 32.2. The SMILES string of the molecule is O=C1/C(=C/c2ccc(OCc3ccccc3)cc2)SC(=S)N1c1cccc(C(F)(F)F)c1. The molecule has 4 rings (SSSR count). The van der Waals surface area contributed by atoms with Gasteiger partial charge in [-0.3, -0.25) is 9.69 Å². The molecule has 0 bridgehead atoms. The van der Waals surface area contributed by atoms with Crippen LogP contribution >= 0.6 is 24.0 Å². The van der Waals surface area contributed by atoms with E-state index in [9.17, 15) is 18.0 Å². The monoisotopic (exact) mass is 471 g/mol. The first-order valence-corrected chi connectivity index (χ1v) is 10.8. The van der Waals surface area contributed by atoms with E-state index in [-0.39, 0.29) is 10.0 Å². The van der Waals surface area contributed by atoms with Crippen molar-refractivity contribution in [3.8, 4) is 5.75 Å². The third-order valence-electron chi connectivity index (χ3n) is 4.65. The average molecular weight is 472 g/mol. The first-order valence-electron chi connectivity index (χ1n) is 9.53. The van der Waals surface area contributed by atoms with E-state index < -0.39 is 17.6 Å². The molecule has 0 N–H and O–H groups in total. The molecular formula is C24H16F3NO2S2. The van der Waals surface area contributed by atoms with Crippen LogP contribution in [-0.4, -0.2) is 10.2 Å². The summed E-state index contributed by atoms with van der Waals surface area (Å²) in [5, 5.41) is 0. The fraction of sp³-hybridized carbons (Fsp3) is 0.0833. The van der Waals surface area contributed by atoms with Crippen molar-refractivity contribution >= 4 is 46.0 Å². The van der Waals surface area contributed by atoms with Crippen LogP contribution in [0.5, 0.6) is 5.75 Å². The predicted molar refractivity (Wildman–Crippen MR) is 124 cm³/mol. The maximum absolute atomic E-state index is 13.0. The summed E-state index contributed by atoms with van der Waals surface area (Å²) in [5.74, 6) is 0.228. The van der Waals surface area contributed by atoms with Crippen molar-refractivity contribution in [3.05, 3.63) is 100 Å². The second-order valence-corrected chi connectivity index (χ2v) is 8.58. The second kappa shape index (κ2) is 9.18. The van der Waals surface area contributed by atoms with E-state index in [1.807, 2.05) is 30.3 Å². The minimum atomic E-state index is -4.50. The first kappa shape index (κ1) is 22.1. The maximum atomic E-state index is 13.0. The van der Waals surface area contributed by atoms with Crippen molar-refractivity contribution in [1.29, 1.82) is 0 Å². The normalized spacial score (nSPS) is 15.5. The number of thioether (sulfide) groups is 1. The summed E-state index contributed by atoms with van der Waals surface area (Å²) in [6, 6.07) is 21.5.